The first-order chi connectivity index (χ1) is 14.7. The van der Waals surface area contributed by atoms with E-state index in [9.17, 15) is 9.90 Å². The van der Waals surface area contributed by atoms with Gasteiger partial charge in [0, 0.05) is 38.5 Å². The largest absolute Gasteiger partial charge is 0.392 e. The van der Waals surface area contributed by atoms with Crippen molar-refractivity contribution < 1.29 is 9.90 Å². The molecule has 1 aliphatic heterocycles. The third-order valence-electron chi connectivity index (χ3n) is 5.41. The molecule has 0 radical (unpaired) electrons. The zero-order valence-corrected chi connectivity index (χ0v) is 20.4. The van der Waals surface area contributed by atoms with Gasteiger partial charge in [0.15, 0.2) is 5.96 Å². The lowest BCUT2D eigenvalue weighted by atomic mass is 10.1. The highest BCUT2D eigenvalue weighted by Crippen LogP contribution is 2.17. The molecule has 1 saturated heterocycles. The summed E-state index contributed by atoms with van der Waals surface area (Å²) in [5, 5.41) is 16.1. The number of nitrogens with one attached hydrogen (secondary N) is 2. The summed E-state index contributed by atoms with van der Waals surface area (Å²) in [4.78, 5) is 19.0. The Morgan fingerprint density at radius 1 is 1.10 bits per heavy atom. The van der Waals surface area contributed by atoms with Crippen molar-refractivity contribution in [2.24, 2.45) is 10.9 Å². The summed E-state index contributed by atoms with van der Waals surface area (Å²) in [6, 6.07) is 18.1. The number of rotatable bonds is 9. The summed E-state index contributed by atoms with van der Waals surface area (Å²) >= 11 is 0. The van der Waals surface area contributed by atoms with E-state index in [1.54, 1.807) is 0 Å². The Labute approximate surface area is 202 Å². The molecular formula is C24H33IN4O2. The molecule has 1 aliphatic rings. The van der Waals surface area contributed by atoms with Gasteiger partial charge in [-0.25, -0.2) is 4.99 Å². The van der Waals surface area contributed by atoms with Crippen LogP contribution in [0.5, 0.6) is 0 Å². The molecular weight excluding hydrogens is 503 g/mol. The van der Waals surface area contributed by atoms with Gasteiger partial charge in [-0.1, -0.05) is 54.6 Å². The van der Waals surface area contributed by atoms with E-state index in [-0.39, 0.29) is 42.4 Å². The van der Waals surface area contributed by atoms with Crippen molar-refractivity contribution in [1.29, 1.82) is 0 Å². The van der Waals surface area contributed by atoms with Crippen molar-refractivity contribution in [3.8, 4) is 0 Å². The van der Waals surface area contributed by atoms with E-state index >= 15 is 0 Å². The van der Waals surface area contributed by atoms with Gasteiger partial charge in [-0.3, -0.25) is 4.79 Å². The maximum atomic E-state index is 12.4. The Balaban J connectivity index is 0.00000341. The lowest BCUT2D eigenvalue weighted by Crippen LogP contribution is -2.40. The normalized spacial score (nSPS) is 16.2. The van der Waals surface area contributed by atoms with Crippen LogP contribution in [0.15, 0.2) is 59.6 Å². The van der Waals surface area contributed by atoms with Crippen LogP contribution in [0.25, 0.3) is 0 Å². The number of aliphatic hydroxyl groups excluding tert-OH is 1. The van der Waals surface area contributed by atoms with E-state index in [1.165, 1.54) is 5.56 Å². The molecule has 0 spiro atoms. The first-order valence-electron chi connectivity index (χ1n) is 10.7. The molecule has 1 atom stereocenters. The minimum absolute atomic E-state index is 0. The molecule has 0 bridgehead atoms. The first kappa shape index (κ1) is 25.1. The van der Waals surface area contributed by atoms with Crippen LogP contribution in [-0.4, -0.2) is 48.1 Å². The van der Waals surface area contributed by atoms with E-state index in [4.69, 9.17) is 0 Å². The monoisotopic (exact) mass is 536 g/mol. The molecule has 3 rings (SSSR count). The fraction of sp³-hybridized carbons (Fsp3) is 0.417. The molecule has 168 valence electrons. The molecule has 0 aliphatic carbocycles. The second-order valence-corrected chi connectivity index (χ2v) is 7.65. The number of amides is 1. The summed E-state index contributed by atoms with van der Waals surface area (Å²) in [7, 11) is 0. The quantitative estimate of drug-likeness (QED) is 0.262. The van der Waals surface area contributed by atoms with Gasteiger partial charge in [0.2, 0.25) is 5.91 Å². The molecule has 2 aromatic rings. The zero-order valence-electron chi connectivity index (χ0n) is 18.1. The number of hydrogen-bond donors (Lipinski definition) is 3. The molecule has 3 N–H and O–H groups in total. The topological polar surface area (TPSA) is 77.0 Å². The van der Waals surface area contributed by atoms with Crippen molar-refractivity contribution in [2.45, 2.75) is 32.9 Å². The van der Waals surface area contributed by atoms with Gasteiger partial charge in [-0.05, 0) is 30.0 Å². The maximum absolute atomic E-state index is 12.4. The SMILES string of the molecule is CCNC(=NCc1ccccc1CO)NCC1CC(=O)N(CCc2ccccc2)C1.I. The molecule has 31 heavy (non-hydrogen) atoms. The molecule has 0 aromatic heterocycles. The number of likely N-dealkylation sites (tertiary alicyclic amines) is 1. The number of aliphatic hydroxyl groups is 1. The van der Waals surface area contributed by atoms with Crippen molar-refractivity contribution >= 4 is 35.8 Å². The van der Waals surface area contributed by atoms with Crippen molar-refractivity contribution in [2.75, 3.05) is 26.2 Å². The van der Waals surface area contributed by atoms with Gasteiger partial charge in [-0.15, -0.1) is 24.0 Å². The minimum Gasteiger partial charge on any atom is -0.392 e. The van der Waals surface area contributed by atoms with Crippen LogP contribution in [0.1, 0.15) is 30.0 Å². The first-order valence-corrected chi connectivity index (χ1v) is 10.7. The van der Waals surface area contributed by atoms with Gasteiger partial charge >= 0.3 is 0 Å². The Kier molecular flexibility index (Phi) is 10.8. The number of halogens is 1. The van der Waals surface area contributed by atoms with Crippen LogP contribution in [0.4, 0.5) is 0 Å². The summed E-state index contributed by atoms with van der Waals surface area (Å²) in [5.74, 6) is 1.25. The van der Waals surface area contributed by atoms with Crippen LogP contribution in [0, 0.1) is 5.92 Å². The minimum atomic E-state index is 0. The standard InChI is InChI=1S/C24H32N4O2.HI/c1-2-25-24(27-16-21-10-6-7-11-22(21)18-29)26-15-20-14-23(30)28(17-20)13-12-19-8-4-3-5-9-19;/h3-11,20,29H,2,12-18H2,1H3,(H2,25,26,27);1H. The molecule has 7 heteroatoms. The maximum Gasteiger partial charge on any atom is 0.223 e. The van der Waals surface area contributed by atoms with Crippen molar-refractivity contribution in [3.05, 3.63) is 71.3 Å². The average molecular weight is 536 g/mol. The molecule has 1 amide bonds. The molecule has 2 aromatic carbocycles. The number of carbonyl (C=O) groups excluding carboxylic acids is 1. The highest BCUT2D eigenvalue weighted by molar-refractivity contribution is 14.0. The van der Waals surface area contributed by atoms with Gasteiger partial charge < -0.3 is 20.6 Å². The molecule has 1 heterocycles. The van der Waals surface area contributed by atoms with Crippen LogP contribution in [-0.2, 0) is 24.4 Å². The van der Waals surface area contributed by atoms with Crippen molar-refractivity contribution in [1.82, 2.24) is 15.5 Å². The summed E-state index contributed by atoms with van der Waals surface area (Å²) < 4.78 is 0. The lowest BCUT2D eigenvalue weighted by molar-refractivity contribution is -0.127. The predicted molar refractivity (Wildman–Crippen MR) is 135 cm³/mol. The van der Waals surface area contributed by atoms with E-state index in [0.717, 1.165) is 43.1 Å². The van der Waals surface area contributed by atoms with Crippen molar-refractivity contribution in [3.63, 3.8) is 0 Å². The van der Waals surface area contributed by atoms with Gasteiger partial charge in [-0.2, -0.15) is 0 Å². The molecule has 1 fully saturated rings. The number of carbonyl (C=O) groups is 1. The second-order valence-electron chi connectivity index (χ2n) is 7.65. The smallest absolute Gasteiger partial charge is 0.223 e. The lowest BCUT2D eigenvalue weighted by Gasteiger charge is -2.18. The number of aliphatic imine (C=N–C) groups is 1. The Morgan fingerprint density at radius 2 is 1.81 bits per heavy atom. The van der Waals surface area contributed by atoms with E-state index in [2.05, 4.69) is 27.8 Å². The number of nitrogens with zero attached hydrogens (tertiary/aromatic N) is 2. The number of guanidine groups is 1. The number of benzene rings is 2. The Morgan fingerprint density at radius 3 is 2.52 bits per heavy atom. The van der Waals surface area contributed by atoms with Crippen LogP contribution >= 0.6 is 24.0 Å². The van der Waals surface area contributed by atoms with Gasteiger partial charge in [0.05, 0.1) is 13.2 Å². The third kappa shape index (κ3) is 7.81. The van der Waals surface area contributed by atoms with Crippen LogP contribution in [0.2, 0.25) is 0 Å². The zero-order chi connectivity index (χ0) is 21.2. The highest BCUT2D eigenvalue weighted by Gasteiger charge is 2.29. The van der Waals surface area contributed by atoms with E-state index < -0.39 is 0 Å². The second kappa shape index (κ2) is 13.3. The Bertz CT molecular complexity index is 844. The molecule has 6 nitrogen and oxygen atoms in total. The summed E-state index contributed by atoms with van der Waals surface area (Å²) in [6.07, 6.45) is 1.47. The average Bonchev–Trinajstić information content (AvgIpc) is 3.14. The van der Waals surface area contributed by atoms with Gasteiger partial charge in [0.25, 0.3) is 0 Å². The third-order valence-corrected chi connectivity index (χ3v) is 5.41. The molecule has 0 saturated carbocycles. The van der Waals surface area contributed by atoms with Crippen LogP contribution < -0.4 is 10.6 Å². The summed E-state index contributed by atoms with van der Waals surface area (Å²) in [5.41, 5.74) is 3.17. The van der Waals surface area contributed by atoms with Crippen LogP contribution in [0.3, 0.4) is 0 Å². The number of hydrogen-bond acceptors (Lipinski definition) is 3. The van der Waals surface area contributed by atoms with E-state index in [1.807, 2.05) is 54.3 Å². The Hall–Kier alpha value is -2.13. The summed E-state index contributed by atoms with van der Waals surface area (Å²) in [6.45, 7) is 5.57. The fourth-order valence-corrected chi connectivity index (χ4v) is 3.73. The predicted octanol–water partition coefficient (Wildman–Crippen LogP) is 2.94. The van der Waals surface area contributed by atoms with Gasteiger partial charge in [0.1, 0.15) is 0 Å². The highest BCUT2D eigenvalue weighted by atomic mass is 127. The molecule has 1 unspecified atom stereocenters. The fourth-order valence-electron chi connectivity index (χ4n) is 3.73. The van der Waals surface area contributed by atoms with E-state index in [0.29, 0.717) is 19.5 Å².